The molecule has 0 aliphatic carbocycles. The number of hydrogen-bond donors (Lipinski definition) is 3. The standard InChI is InChI=1S/C16H17N3O3/c20-15(11-13-5-8-17-9-6-13)19-14-3-1-12(2-4-14)7-10-18-16(21)22/h1-6,8-9,18H,7,10-11H2,(H,19,20)(H,21,22). The molecule has 0 saturated heterocycles. The van der Waals surface area contributed by atoms with Crippen LogP contribution in [0.1, 0.15) is 11.1 Å². The summed E-state index contributed by atoms with van der Waals surface area (Å²) in [5.41, 5.74) is 2.62. The van der Waals surface area contributed by atoms with Crippen LogP contribution in [0.25, 0.3) is 0 Å². The molecule has 2 rings (SSSR count). The molecule has 0 radical (unpaired) electrons. The van der Waals surface area contributed by atoms with E-state index in [0.717, 1.165) is 11.1 Å². The van der Waals surface area contributed by atoms with Gasteiger partial charge in [-0.05, 0) is 41.8 Å². The molecule has 0 fully saturated rings. The Morgan fingerprint density at radius 1 is 1.00 bits per heavy atom. The maximum absolute atomic E-state index is 11.9. The number of nitrogens with zero attached hydrogens (tertiary/aromatic N) is 1. The number of carbonyl (C=O) groups excluding carboxylic acids is 1. The lowest BCUT2D eigenvalue weighted by molar-refractivity contribution is -0.115. The molecule has 1 aromatic carbocycles. The first-order valence-electron chi connectivity index (χ1n) is 6.88. The molecule has 0 aliphatic rings. The summed E-state index contributed by atoms with van der Waals surface area (Å²) in [6.07, 6.45) is 3.19. The Bertz CT molecular complexity index is 627. The van der Waals surface area contributed by atoms with E-state index in [1.165, 1.54) is 0 Å². The summed E-state index contributed by atoms with van der Waals surface area (Å²) in [5, 5.41) is 13.6. The molecular formula is C16H17N3O3. The number of amides is 2. The number of benzene rings is 1. The monoisotopic (exact) mass is 299 g/mol. The first-order chi connectivity index (χ1) is 10.6. The number of carbonyl (C=O) groups is 2. The van der Waals surface area contributed by atoms with E-state index in [4.69, 9.17) is 5.11 Å². The van der Waals surface area contributed by atoms with Crippen molar-refractivity contribution in [1.29, 1.82) is 0 Å². The molecule has 1 heterocycles. The molecule has 0 unspecified atom stereocenters. The Morgan fingerprint density at radius 3 is 2.32 bits per heavy atom. The first-order valence-corrected chi connectivity index (χ1v) is 6.88. The third-order valence-corrected chi connectivity index (χ3v) is 3.04. The Kier molecular flexibility index (Phi) is 5.48. The van der Waals surface area contributed by atoms with Gasteiger partial charge in [-0.15, -0.1) is 0 Å². The lowest BCUT2D eigenvalue weighted by atomic mass is 10.1. The fourth-order valence-electron chi connectivity index (χ4n) is 1.96. The molecule has 0 atom stereocenters. The van der Waals surface area contributed by atoms with Gasteiger partial charge in [-0.3, -0.25) is 9.78 Å². The van der Waals surface area contributed by atoms with Gasteiger partial charge in [0.05, 0.1) is 6.42 Å². The number of carboxylic acid groups (broad SMARTS) is 1. The third kappa shape index (κ3) is 5.24. The highest BCUT2D eigenvalue weighted by Gasteiger charge is 2.04. The second kappa shape index (κ2) is 7.78. The molecule has 0 saturated carbocycles. The van der Waals surface area contributed by atoms with Crippen LogP contribution in [0.3, 0.4) is 0 Å². The van der Waals surface area contributed by atoms with E-state index in [1.54, 1.807) is 36.7 Å². The van der Waals surface area contributed by atoms with Crippen LogP contribution in [-0.2, 0) is 17.6 Å². The zero-order chi connectivity index (χ0) is 15.8. The van der Waals surface area contributed by atoms with Crippen LogP contribution >= 0.6 is 0 Å². The van der Waals surface area contributed by atoms with Crippen LogP contribution in [-0.4, -0.2) is 28.6 Å². The van der Waals surface area contributed by atoms with Gasteiger partial charge < -0.3 is 15.7 Å². The Morgan fingerprint density at radius 2 is 1.68 bits per heavy atom. The van der Waals surface area contributed by atoms with Gasteiger partial charge in [0.15, 0.2) is 0 Å². The van der Waals surface area contributed by atoms with Crippen LogP contribution in [0.2, 0.25) is 0 Å². The summed E-state index contributed by atoms with van der Waals surface area (Å²) in [5.74, 6) is -0.0912. The average molecular weight is 299 g/mol. The van der Waals surface area contributed by atoms with E-state index in [9.17, 15) is 9.59 Å². The SMILES string of the molecule is O=C(O)NCCc1ccc(NC(=O)Cc2ccncc2)cc1. The largest absolute Gasteiger partial charge is 0.465 e. The highest BCUT2D eigenvalue weighted by Crippen LogP contribution is 2.10. The number of pyridine rings is 1. The van der Waals surface area contributed by atoms with Gasteiger partial charge in [-0.2, -0.15) is 0 Å². The molecule has 6 nitrogen and oxygen atoms in total. The van der Waals surface area contributed by atoms with Gasteiger partial charge in [0.2, 0.25) is 5.91 Å². The number of anilines is 1. The highest BCUT2D eigenvalue weighted by molar-refractivity contribution is 5.92. The normalized spacial score (nSPS) is 10.0. The fourth-order valence-corrected chi connectivity index (χ4v) is 1.96. The van der Waals surface area contributed by atoms with Gasteiger partial charge in [0.25, 0.3) is 0 Å². The van der Waals surface area contributed by atoms with E-state index >= 15 is 0 Å². The summed E-state index contributed by atoms with van der Waals surface area (Å²) in [7, 11) is 0. The molecule has 0 aliphatic heterocycles. The maximum atomic E-state index is 11.9. The second-order valence-electron chi connectivity index (χ2n) is 4.76. The van der Waals surface area contributed by atoms with Crippen molar-refractivity contribution < 1.29 is 14.7 Å². The van der Waals surface area contributed by atoms with Crippen molar-refractivity contribution in [3.8, 4) is 0 Å². The van der Waals surface area contributed by atoms with Crippen molar-refractivity contribution >= 4 is 17.7 Å². The van der Waals surface area contributed by atoms with Crippen molar-refractivity contribution in [3.05, 3.63) is 59.9 Å². The molecule has 6 heteroatoms. The average Bonchev–Trinajstić information content (AvgIpc) is 2.49. The smallest absolute Gasteiger partial charge is 0.404 e. The minimum atomic E-state index is -1.03. The summed E-state index contributed by atoms with van der Waals surface area (Å²) < 4.78 is 0. The zero-order valence-electron chi connectivity index (χ0n) is 12.0. The van der Waals surface area contributed by atoms with E-state index in [-0.39, 0.29) is 5.91 Å². The van der Waals surface area contributed by atoms with Crippen molar-refractivity contribution in [1.82, 2.24) is 10.3 Å². The van der Waals surface area contributed by atoms with Crippen molar-refractivity contribution in [2.45, 2.75) is 12.8 Å². The summed E-state index contributed by atoms with van der Waals surface area (Å²) in [4.78, 5) is 26.2. The molecule has 114 valence electrons. The molecule has 2 amide bonds. The predicted octanol–water partition coefficient (Wildman–Crippen LogP) is 2.07. The number of hydrogen-bond acceptors (Lipinski definition) is 3. The highest BCUT2D eigenvalue weighted by atomic mass is 16.4. The van der Waals surface area contributed by atoms with Crippen molar-refractivity contribution in [2.24, 2.45) is 0 Å². The molecule has 3 N–H and O–H groups in total. The van der Waals surface area contributed by atoms with Crippen LogP contribution in [0.4, 0.5) is 10.5 Å². The zero-order valence-corrected chi connectivity index (χ0v) is 12.0. The van der Waals surface area contributed by atoms with E-state index in [0.29, 0.717) is 25.1 Å². The quantitative estimate of drug-likeness (QED) is 0.761. The molecule has 0 spiro atoms. The van der Waals surface area contributed by atoms with Crippen LogP contribution in [0.5, 0.6) is 0 Å². The maximum Gasteiger partial charge on any atom is 0.404 e. The van der Waals surface area contributed by atoms with Crippen molar-refractivity contribution in [2.75, 3.05) is 11.9 Å². The second-order valence-corrected chi connectivity index (χ2v) is 4.76. The first kappa shape index (κ1) is 15.5. The van der Waals surface area contributed by atoms with Crippen LogP contribution in [0.15, 0.2) is 48.8 Å². The topological polar surface area (TPSA) is 91.3 Å². The molecule has 1 aromatic heterocycles. The van der Waals surface area contributed by atoms with Gasteiger partial charge in [-0.25, -0.2) is 4.79 Å². The lowest BCUT2D eigenvalue weighted by Gasteiger charge is -2.07. The molecule has 0 bridgehead atoms. The number of aromatic nitrogens is 1. The van der Waals surface area contributed by atoms with Crippen LogP contribution < -0.4 is 10.6 Å². The third-order valence-electron chi connectivity index (χ3n) is 3.04. The molecule has 2 aromatic rings. The van der Waals surface area contributed by atoms with E-state index < -0.39 is 6.09 Å². The van der Waals surface area contributed by atoms with Gasteiger partial charge in [0, 0.05) is 24.6 Å². The van der Waals surface area contributed by atoms with Crippen LogP contribution in [0, 0.1) is 0 Å². The fraction of sp³-hybridized carbons (Fsp3) is 0.188. The summed E-state index contributed by atoms with van der Waals surface area (Å²) in [6.45, 7) is 0.364. The Balaban J connectivity index is 1.83. The predicted molar refractivity (Wildman–Crippen MR) is 82.7 cm³/mol. The molecule has 22 heavy (non-hydrogen) atoms. The number of rotatable bonds is 6. The minimum Gasteiger partial charge on any atom is -0.465 e. The summed E-state index contributed by atoms with van der Waals surface area (Å²) >= 11 is 0. The van der Waals surface area contributed by atoms with Gasteiger partial charge >= 0.3 is 6.09 Å². The summed E-state index contributed by atoms with van der Waals surface area (Å²) in [6, 6.07) is 11.0. The lowest BCUT2D eigenvalue weighted by Crippen LogP contribution is -2.23. The van der Waals surface area contributed by atoms with Crippen molar-refractivity contribution in [3.63, 3.8) is 0 Å². The van der Waals surface area contributed by atoms with E-state index in [1.807, 2.05) is 12.1 Å². The Hall–Kier alpha value is -2.89. The van der Waals surface area contributed by atoms with Gasteiger partial charge in [0.1, 0.15) is 0 Å². The van der Waals surface area contributed by atoms with E-state index in [2.05, 4.69) is 15.6 Å². The Labute approximate surface area is 128 Å². The minimum absolute atomic E-state index is 0.0912. The van der Waals surface area contributed by atoms with Gasteiger partial charge in [-0.1, -0.05) is 12.1 Å². The number of nitrogens with one attached hydrogen (secondary N) is 2. The molecular weight excluding hydrogens is 282 g/mol.